The topological polar surface area (TPSA) is 88.4 Å². The molecule has 0 bridgehead atoms. The Labute approximate surface area is 216 Å². The van der Waals surface area contributed by atoms with Crippen LogP contribution in [0.3, 0.4) is 0 Å². The lowest BCUT2D eigenvalue weighted by Gasteiger charge is -2.43. The van der Waals surface area contributed by atoms with Crippen LogP contribution < -0.4 is 10.1 Å². The van der Waals surface area contributed by atoms with Crippen molar-refractivity contribution in [3.63, 3.8) is 0 Å². The third kappa shape index (κ3) is 3.98. The summed E-state index contributed by atoms with van der Waals surface area (Å²) in [5, 5.41) is 7.95. The molecule has 3 aliphatic heterocycles. The van der Waals surface area contributed by atoms with E-state index in [2.05, 4.69) is 32.9 Å². The van der Waals surface area contributed by atoms with Gasteiger partial charge in [0.15, 0.2) is 5.75 Å². The zero-order valence-corrected chi connectivity index (χ0v) is 21.1. The molecule has 1 aliphatic carbocycles. The summed E-state index contributed by atoms with van der Waals surface area (Å²) < 4.78 is 8.27. The molecular formula is C28H31N7O2. The van der Waals surface area contributed by atoms with E-state index >= 15 is 0 Å². The standard InChI is InChI=1S/C28H31N7O2/c1-3-25(36)34-9-7-20(15-34)35-13-19(14-35)23-10-24-27(26(31-23)17-4-5-17)37-16-22-21(6-8-29-28(22)32-24)18-11-30-33(2)12-18/h3,6,8,10-12,17,19-20H,1,4-5,7,9,13-16H2,2H3,(H,29,32)/t20-/m0/s1. The van der Waals surface area contributed by atoms with Crippen molar-refractivity contribution in [1.82, 2.24) is 29.5 Å². The number of hydrogen-bond acceptors (Lipinski definition) is 7. The molecule has 37 heavy (non-hydrogen) atoms. The summed E-state index contributed by atoms with van der Waals surface area (Å²) in [6.45, 7) is 7.61. The minimum atomic E-state index is 0.0349. The van der Waals surface area contributed by atoms with E-state index in [4.69, 9.17) is 9.72 Å². The van der Waals surface area contributed by atoms with Crippen molar-refractivity contribution >= 4 is 17.4 Å². The molecular weight excluding hydrogens is 466 g/mol. The summed E-state index contributed by atoms with van der Waals surface area (Å²) >= 11 is 0. The Morgan fingerprint density at radius 3 is 2.84 bits per heavy atom. The van der Waals surface area contributed by atoms with Crippen molar-refractivity contribution in [3.05, 3.63) is 60.3 Å². The summed E-state index contributed by atoms with van der Waals surface area (Å²) in [6, 6.07) is 4.61. The van der Waals surface area contributed by atoms with Crippen LogP contribution in [0.15, 0.2) is 43.4 Å². The fraction of sp³-hybridized carbons (Fsp3) is 0.429. The lowest BCUT2D eigenvalue weighted by Crippen LogP contribution is -2.52. The number of nitrogens with one attached hydrogen (secondary N) is 1. The fourth-order valence-corrected chi connectivity index (χ4v) is 5.88. The van der Waals surface area contributed by atoms with E-state index in [9.17, 15) is 4.79 Å². The average molecular weight is 498 g/mol. The number of nitrogens with zero attached hydrogens (tertiary/aromatic N) is 6. The van der Waals surface area contributed by atoms with E-state index in [0.29, 0.717) is 24.5 Å². The van der Waals surface area contributed by atoms with Crippen molar-refractivity contribution in [2.24, 2.45) is 7.05 Å². The predicted octanol–water partition coefficient (Wildman–Crippen LogP) is 3.58. The van der Waals surface area contributed by atoms with E-state index < -0.39 is 0 Å². The highest BCUT2D eigenvalue weighted by molar-refractivity contribution is 5.87. The van der Waals surface area contributed by atoms with Crippen molar-refractivity contribution in [2.75, 3.05) is 31.5 Å². The van der Waals surface area contributed by atoms with E-state index in [0.717, 1.165) is 90.8 Å². The number of hydrogen-bond donors (Lipinski definition) is 1. The molecule has 9 heteroatoms. The number of likely N-dealkylation sites (tertiary alicyclic amines) is 2. The van der Waals surface area contributed by atoms with Gasteiger partial charge in [-0.3, -0.25) is 19.4 Å². The first-order valence-electron chi connectivity index (χ1n) is 13.1. The van der Waals surface area contributed by atoms with Crippen LogP contribution in [0.4, 0.5) is 11.5 Å². The lowest BCUT2D eigenvalue weighted by atomic mass is 9.92. The maximum Gasteiger partial charge on any atom is 0.246 e. The van der Waals surface area contributed by atoms with Crippen LogP contribution in [0.1, 0.15) is 48.0 Å². The summed E-state index contributed by atoms with van der Waals surface area (Å²) in [5.41, 5.74) is 6.33. The molecule has 1 N–H and O–H groups in total. The van der Waals surface area contributed by atoms with E-state index in [1.165, 1.54) is 6.08 Å². The molecule has 3 aromatic heterocycles. The molecule has 4 aliphatic rings. The largest absolute Gasteiger partial charge is 0.485 e. The molecule has 190 valence electrons. The van der Waals surface area contributed by atoms with Crippen molar-refractivity contribution in [3.8, 4) is 16.9 Å². The number of aromatic nitrogens is 4. The maximum atomic E-state index is 12.0. The zero-order chi connectivity index (χ0) is 25.1. The van der Waals surface area contributed by atoms with Gasteiger partial charge >= 0.3 is 0 Å². The number of aryl methyl sites for hydroxylation is 1. The Hall–Kier alpha value is -3.72. The Morgan fingerprint density at radius 2 is 2.08 bits per heavy atom. The van der Waals surface area contributed by atoms with Crippen LogP contribution in [0.25, 0.3) is 11.1 Å². The van der Waals surface area contributed by atoms with Crippen LogP contribution in [0.2, 0.25) is 0 Å². The van der Waals surface area contributed by atoms with Gasteiger partial charge in [0, 0.05) is 80.3 Å². The van der Waals surface area contributed by atoms with Gasteiger partial charge in [-0.05, 0) is 43.0 Å². The molecule has 9 nitrogen and oxygen atoms in total. The van der Waals surface area contributed by atoms with Crippen molar-refractivity contribution < 1.29 is 9.53 Å². The first kappa shape index (κ1) is 22.5. The third-order valence-electron chi connectivity index (χ3n) is 8.16. The second-order valence-electron chi connectivity index (χ2n) is 10.7. The summed E-state index contributed by atoms with van der Waals surface area (Å²) in [4.78, 5) is 26.2. The Bertz CT molecular complexity index is 1390. The van der Waals surface area contributed by atoms with E-state index in [1.54, 1.807) is 0 Å². The van der Waals surface area contributed by atoms with Crippen LogP contribution in [-0.2, 0) is 18.4 Å². The highest BCUT2D eigenvalue weighted by atomic mass is 16.5. The van der Waals surface area contributed by atoms with Crippen LogP contribution >= 0.6 is 0 Å². The summed E-state index contributed by atoms with van der Waals surface area (Å²) in [5.74, 6) is 2.57. The van der Waals surface area contributed by atoms with Crippen molar-refractivity contribution in [1.29, 1.82) is 0 Å². The molecule has 1 saturated carbocycles. The molecule has 7 rings (SSSR count). The van der Waals surface area contributed by atoms with Gasteiger partial charge < -0.3 is 15.0 Å². The van der Waals surface area contributed by atoms with Crippen LogP contribution in [0.5, 0.6) is 5.75 Å². The minimum Gasteiger partial charge on any atom is -0.485 e. The number of amides is 1. The van der Waals surface area contributed by atoms with E-state index in [1.807, 2.05) is 41.3 Å². The molecule has 3 fully saturated rings. The van der Waals surface area contributed by atoms with Gasteiger partial charge in [-0.1, -0.05) is 6.58 Å². The number of anilines is 2. The molecule has 2 saturated heterocycles. The molecule has 0 unspecified atom stereocenters. The number of rotatable bonds is 5. The predicted molar refractivity (Wildman–Crippen MR) is 140 cm³/mol. The monoisotopic (exact) mass is 497 g/mol. The second kappa shape index (κ2) is 8.69. The molecule has 0 spiro atoms. The average Bonchev–Trinajstić information content (AvgIpc) is 3.51. The number of ether oxygens (including phenoxy) is 1. The van der Waals surface area contributed by atoms with Gasteiger partial charge in [0.1, 0.15) is 12.4 Å². The first-order chi connectivity index (χ1) is 18.1. The van der Waals surface area contributed by atoms with Gasteiger partial charge in [0.2, 0.25) is 5.91 Å². The summed E-state index contributed by atoms with van der Waals surface area (Å²) in [6.07, 6.45) is 10.5. The van der Waals surface area contributed by atoms with Gasteiger partial charge in [-0.15, -0.1) is 0 Å². The number of fused-ring (bicyclic) bond motifs is 2. The van der Waals surface area contributed by atoms with Gasteiger partial charge in [-0.2, -0.15) is 5.10 Å². The Kier molecular flexibility index (Phi) is 5.28. The first-order valence-corrected chi connectivity index (χ1v) is 13.1. The Balaban J connectivity index is 1.15. The quantitative estimate of drug-likeness (QED) is 0.539. The summed E-state index contributed by atoms with van der Waals surface area (Å²) in [7, 11) is 1.92. The van der Waals surface area contributed by atoms with Crippen molar-refractivity contribution in [2.45, 2.75) is 43.7 Å². The minimum absolute atomic E-state index is 0.0349. The van der Waals surface area contributed by atoms with Gasteiger partial charge in [0.25, 0.3) is 0 Å². The highest BCUT2D eigenvalue weighted by Gasteiger charge is 2.40. The lowest BCUT2D eigenvalue weighted by molar-refractivity contribution is -0.125. The number of carbonyl (C=O) groups excluding carboxylic acids is 1. The molecule has 1 amide bonds. The SMILES string of the molecule is C=CC(=O)N1CC[C@H](N2CC(c3cc4c(c(C5CC5)n3)OCc3c(-c5cnn(C)c5)ccnc3N4)C2)C1. The van der Waals surface area contributed by atoms with Gasteiger partial charge in [-0.25, -0.2) is 4.98 Å². The maximum absolute atomic E-state index is 12.0. The smallest absolute Gasteiger partial charge is 0.246 e. The molecule has 3 aromatic rings. The number of pyridine rings is 2. The number of carbonyl (C=O) groups is 1. The second-order valence-corrected chi connectivity index (χ2v) is 10.7. The molecule has 0 aromatic carbocycles. The zero-order valence-electron chi connectivity index (χ0n) is 21.1. The normalized spacial score (nSPS) is 21.3. The van der Waals surface area contributed by atoms with Crippen LogP contribution in [0, 0.1) is 0 Å². The van der Waals surface area contributed by atoms with E-state index in [-0.39, 0.29) is 5.91 Å². The molecule has 0 radical (unpaired) electrons. The molecule has 1 atom stereocenters. The van der Waals surface area contributed by atoms with Crippen LogP contribution in [-0.4, -0.2) is 67.7 Å². The molecule has 6 heterocycles. The third-order valence-corrected chi connectivity index (χ3v) is 8.16. The highest BCUT2D eigenvalue weighted by Crippen LogP contribution is 2.49. The van der Waals surface area contributed by atoms with Gasteiger partial charge in [0.05, 0.1) is 17.6 Å². The fourth-order valence-electron chi connectivity index (χ4n) is 5.88. The Morgan fingerprint density at radius 1 is 1.22 bits per heavy atom.